The summed E-state index contributed by atoms with van der Waals surface area (Å²) in [4.78, 5) is 3.44. The number of nitrogens with zero attached hydrogens (tertiary/aromatic N) is 1. The highest BCUT2D eigenvalue weighted by Crippen LogP contribution is 2.29. The lowest BCUT2D eigenvalue weighted by Crippen LogP contribution is -2.14. The SMILES string of the molecule is COc1c(N)cc(S(=O)(=O)Nc2nc(C)co2)cc1F. The van der Waals surface area contributed by atoms with Crippen LogP contribution in [-0.2, 0) is 10.0 Å². The number of aromatic nitrogens is 1. The van der Waals surface area contributed by atoms with Gasteiger partial charge in [0.05, 0.1) is 23.4 Å². The van der Waals surface area contributed by atoms with Gasteiger partial charge in [-0.2, -0.15) is 4.98 Å². The van der Waals surface area contributed by atoms with Gasteiger partial charge < -0.3 is 14.9 Å². The van der Waals surface area contributed by atoms with E-state index in [1.165, 1.54) is 13.4 Å². The lowest BCUT2D eigenvalue weighted by atomic mass is 10.3. The van der Waals surface area contributed by atoms with Crippen molar-refractivity contribution >= 4 is 21.7 Å². The van der Waals surface area contributed by atoms with Gasteiger partial charge in [-0.3, -0.25) is 0 Å². The molecule has 3 N–H and O–H groups in total. The number of sulfonamides is 1. The molecule has 0 radical (unpaired) electrons. The number of methoxy groups -OCH3 is 1. The summed E-state index contributed by atoms with van der Waals surface area (Å²) >= 11 is 0. The van der Waals surface area contributed by atoms with Crippen molar-refractivity contribution in [2.45, 2.75) is 11.8 Å². The maximum atomic E-state index is 13.6. The van der Waals surface area contributed by atoms with E-state index in [-0.39, 0.29) is 22.3 Å². The van der Waals surface area contributed by atoms with Crippen LogP contribution in [0.5, 0.6) is 5.75 Å². The average molecular weight is 301 g/mol. The molecule has 0 atom stereocenters. The number of aryl methyl sites for hydroxylation is 1. The standard InChI is InChI=1S/C11H12FN3O4S/c1-6-5-19-11(14-6)15-20(16,17)7-3-8(12)10(18-2)9(13)4-7/h3-5H,13H2,1-2H3,(H,14,15). The van der Waals surface area contributed by atoms with E-state index >= 15 is 0 Å². The van der Waals surface area contributed by atoms with Gasteiger partial charge in [0.15, 0.2) is 11.6 Å². The third-order valence-electron chi connectivity index (χ3n) is 2.40. The zero-order valence-corrected chi connectivity index (χ0v) is 11.5. The Hall–Kier alpha value is -2.29. The molecule has 20 heavy (non-hydrogen) atoms. The minimum absolute atomic E-state index is 0.128. The van der Waals surface area contributed by atoms with Gasteiger partial charge in [0, 0.05) is 0 Å². The number of hydrogen-bond donors (Lipinski definition) is 2. The fourth-order valence-corrected chi connectivity index (χ4v) is 2.52. The Morgan fingerprint density at radius 3 is 2.65 bits per heavy atom. The van der Waals surface area contributed by atoms with E-state index in [0.29, 0.717) is 5.69 Å². The van der Waals surface area contributed by atoms with E-state index in [4.69, 9.17) is 14.9 Å². The summed E-state index contributed by atoms with van der Waals surface area (Å²) in [7, 11) is -2.82. The molecule has 2 aromatic rings. The Morgan fingerprint density at radius 2 is 2.15 bits per heavy atom. The lowest BCUT2D eigenvalue weighted by molar-refractivity contribution is 0.388. The van der Waals surface area contributed by atoms with Gasteiger partial charge in [-0.25, -0.2) is 17.5 Å². The van der Waals surface area contributed by atoms with Crippen LogP contribution in [0, 0.1) is 12.7 Å². The van der Waals surface area contributed by atoms with Crippen LogP contribution in [0.2, 0.25) is 0 Å². The number of anilines is 2. The van der Waals surface area contributed by atoms with Crippen molar-refractivity contribution in [3.63, 3.8) is 0 Å². The molecule has 0 aliphatic rings. The number of nitrogens with one attached hydrogen (secondary N) is 1. The summed E-state index contributed by atoms with van der Waals surface area (Å²) in [5.41, 5.74) is 5.91. The predicted octanol–water partition coefficient (Wildman–Crippen LogP) is 1.51. The van der Waals surface area contributed by atoms with Crippen LogP contribution in [0.3, 0.4) is 0 Å². The van der Waals surface area contributed by atoms with Crippen molar-refractivity contribution in [3.05, 3.63) is 29.9 Å². The van der Waals surface area contributed by atoms with E-state index in [1.54, 1.807) is 6.92 Å². The topological polar surface area (TPSA) is 107 Å². The van der Waals surface area contributed by atoms with E-state index in [1.807, 2.05) is 0 Å². The molecule has 0 aliphatic heterocycles. The van der Waals surface area contributed by atoms with E-state index in [2.05, 4.69) is 9.71 Å². The van der Waals surface area contributed by atoms with Crippen molar-refractivity contribution in [2.24, 2.45) is 0 Å². The number of nitrogens with two attached hydrogens (primary N) is 1. The summed E-state index contributed by atoms with van der Waals surface area (Å²) in [5, 5.41) is 0. The molecule has 0 spiro atoms. The van der Waals surface area contributed by atoms with Gasteiger partial charge in [-0.15, -0.1) is 0 Å². The van der Waals surface area contributed by atoms with Crippen LogP contribution in [0.1, 0.15) is 5.69 Å². The largest absolute Gasteiger partial charge is 0.492 e. The Kier molecular flexibility index (Phi) is 3.53. The predicted molar refractivity (Wildman–Crippen MR) is 69.4 cm³/mol. The molecule has 2 rings (SSSR count). The van der Waals surface area contributed by atoms with Gasteiger partial charge in [0.25, 0.3) is 10.0 Å². The second kappa shape index (κ2) is 5.00. The van der Waals surface area contributed by atoms with Gasteiger partial charge in [0.2, 0.25) is 0 Å². The van der Waals surface area contributed by atoms with Crippen molar-refractivity contribution < 1.29 is 22.0 Å². The summed E-state index contributed by atoms with van der Waals surface area (Å²) in [6.07, 6.45) is 1.28. The van der Waals surface area contributed by atoms with Crippen LogP contribution >= 0.6 is 0 Å². The molecule has 1 aromatic carbocycles. The Morgan fingerprint density at radius 1 is 1.45 bits per heavy atom. The maximum Gasteiger partial charge on any atom is 0.309 e. The maximum absolute atomic E-state index is 13.6. The number of ether oxygens (including phenoxy) is 1. The number of benzene rings is 1. The summed E-state index contributed by atoms with van der Waals surface area (Å²) in [6, 6.07) is 1.67. The zero-order valence-electron chi connectivity index (χ0n) is 10.7. The normalized spacial score (nSPS) is 11.3. The smallest absolute Gasteiger partial charge is 0.309 e. The van der Waals surface area contributed by atoms with E-state index in [9.17, 15) is 12.8 Å². The molecule has 0 aliphatic carbocycles. The summed E-state index contributed by atoms with van der Waals surface area (Å²) < 4.78 is 49.4. The van der Waals surface area contributed by atoms with Crippen molar-refractivity contribution in [1.82, 2.24) is 4.98 Å². The second-order valence-electron chi connectivity index (χ2n) is 3.93. The third kappa shape index (κ3) is 2.67. The van der Waals surface area contributed by atoms with Crippen LogP contribution in [0.15, 0.2) is 27.7 Å². The number of nitrogen functional groups attached to an aromatic ring is 1. The number of halogens is 1. The molecule has 0 saturated carbocycles. The average Bonchev–Trinajstić information content (AvgIpc) is 2.73. The van der Waals surface area contributed by atoms with Crippen LogP contribution in [-0.4, -0.2) is 20.5 Å². The quantitative estimate of drug-likeness (QED) is 0.829. The van der Waals surface area contributed by atoms with Crippen molar-refractivity contribution in [2.75, 3.05) is 17.6 Å². The first-order valence-electron chi connectivity index (χ1n) is 5.41. The van der Waals surface area contributed by atoms with E-state index < -0.39 is 15.8 Å². The van der Waals surface area contributed by atoms with Gasteiger partial charge in [0.1, 0.15) is 6.26 Å². The Balaban J connectivity index is 2.39. The van der Waals surface area contributed by atoms with E-state index in [0.717, 1.165) is 12.1 Å². The zero-order chi connectivity index (χ0) is 14.9. The molecule has 1 heterocycles. The van der Waals surface area contributed by atoms with Crippen LogP contribution in [0.25, 0.3) is 0 Å². The molecule has 0 saturated heterocycles. The van der Waals surface area contributed by atoms with Crippen molar-refractivity contribution in [3.8, 4) is 5.75 Å². The number of oxazole rings is 1. The fraction of sp³-hybridized carbons (Fsp3) is 0.182. The third-order valence-corrected chi connectivity index (χ3v) is 3.70. The second-order valence-corrected chi connectivity index (χ2v) is 5.61. The molecule has 9 heteroatoms. The Labute approximate surface area is 114 Å². The molecule has 108 valence electrons. The van der Waals surface area contributed by atoms with Crippen LogP contribution in [0.4, 0.5) is 16.1 Å². The van der Waals surface area contributed by atoms with Gasteiger partial charge >= 0.3 is 6.01 Å². The van der Waals surface area contributed by atoms with Gasteiger partial charge in [-0.05, 0) is 19.1 Å². The molecule has 0 amide bonds. The highest BCUT2D eigenvalue weighted by molar-refractivity contribution is 7.92. The van der Waals surface area contributed by atoms with Gasteiger partial charge in [-0.1, -0.05) is 0 Å². The summed E-state index contributed by atoms with van der Waals surface area (Å²) in [6.45, 7) is 1.63. The summed E-state index contributed by atoms with van der Waals surface area (Å²) in [5.74, 6) is -1.09. The first kappa shape index (κ1) is 14.1. The van der Waals surface area contributed by atoms with Crippen molar-refractivity contribution in [1.29, 1.82) is 0 Å². The Bertz CT molecular complexity index is 719. The molecule has 0 bridgehead atoms. The van der Waals surface area contributed by atoms with Crippen LogP contribution < -0.4 is 15.2 Å². The monoisotopic (exact) mass is 301 g/mol. The highest BCUT2D eigenvalue weighted by atomic mass is 32.2. The molecule has 7 nitrogen and oxygen atoms in total. The molecular weight excluding hydrogens is 289 g/mol. The minimum Gasteiger partial charge on any atom is -0.492 e. The molecule has 1 aromatic heterocycles. The molecule has 0 fully saturated rings. The number of rotatable bonds is 4. The highest BCUT2D eigenvalue weighted by Gasteiger charge is 2.21. The number of hydrogen-bond acceptors (Lipinski definition) is 6. The lowest BCUT2D eigenvalue weighted by Gasteiger charge is -2.09. The first-order chi connectivity index (χ1) is 9.33. The first-order valence-corrected chi connectivity index (χ1v) is 6.90. The molecular formula is C11H12FN3O4S. The minimum atomic E-state index is -4.05. The fourth-order valence-electron chi connectivity index (χ4n) is 1.53. The molecule has 0 unspecified atom stereocenters.